The molecule has 0 saturated carbocycles. The van der Waals surface area contributed by atoms with E-state index in [1.54, 1.807) is 12.1 Å². The highest BCUT2D eigenvalue weighted by Gasteiger charge is 2.03. The van der Waals surface area contributed by atoms with E-state index in [9.17, 15) is 9.18 Å². The fourth-order valence-electron chi connectivity index (χ4n) is 1.50. The molecule has 98 valence electrons. The number of carboxylic acid groups (broad SMARTS) is 1. The van der Waals surface area contributed by atoms with Gasteiger partial charge in [-0.05, 0) is 30.3 Å². The molecule has 1 aromatic carbocycles. The number of pyridine rings is 1. The lowest BCUT2D eigenvalue weighted by Crippen LogP contribution is -2.04. The molecule has 0 aliphatic heterocycles. The monoisotopic (exact) mass is 280 g/mol. The minimum atomic E-state index is -1.02. The first-order valence-electron chi connectivity index (χ1n) is 5.43. The summed E-state index contributed by atoms with van der Waals surface area (Å²) in [5.41, 5.74) is 1.30. The SMILES string of the molecule is O=C(O)c1ccc(CNc2cc(F)cc(Cl)c2)nc1. The minimum Gasteiger partial charge on any atom is -0.478 e. The van der Waals surface area contributed by atoms with Crippen LogP contribution in [0.1, 0.15) is 16.1 Å². The Morgan fingerprint density at radius 2 is 2.16 bits per heavy atom. The van der Waals surface area contributed by atoms with Crippen LogP contribution < -0.4 is 5.32 Å². The van der Waals surface area contributed by atoms with E-state index in [2.05, 4.69) is 10.3 Å². The number of nitrogens with one attached hydrogen (secondary N) is 1. The van der Waals surface area contributed by atoms with Gasteiger partial charge >= 0.3 is 5.97 Å². The molecule has 2 N–H and O–H groups in total. The van der Waals surface area contributed by atoms with E-state index in [0.717, 1.165) is 0 Å². The number of anilines is 1. The Morgan fingerprint density at radius 1 is 1.37 bits per heavy atom. The summed E-state index contributed by atoms with van der Waals surface area (Å²) in [6, 6.07) is 7.18. The van der Waals surface area contributed by atoms with Gasteiger partial charge in [0.15, 0.2) is 0 Å². The molecule has 2 aromatic rings. The third kappa shape index (κ3) is 3.66. The summed E-state index contributed by atoms with van der Waals surface area (Å²) in [7, 11) is 0. The first kappa shape index (κ1) is 13.3. The Bertz CT molecular complexity index is 582. The zero-order chi connectivity index (χ0) is 13.8. The summed E-state index contributed by atoms with van der Waals surface area (Å²) in [6.45, 7) is 0.347. The molecular formula is C13H10ClFN2O2. The van der Waals surface area contributed by atoms with Crippen LogP contribution in [0.2, 0.25) is 5.02 Å². The second kappa shape index (κ2) is 5.67. The van der Waals surface area contributed by atoms with E-state index in [1.165, 1.54) is 24.4 Å². The van der Waals surface area contributed by atoms with E-state index in [4.69, 9.17) is 16.7 Å². The van der Waals surface area contributed by atoms with E-state index in [0.29, 0.717) is 22.9 Å². The first-order chi connectivity index (χ1) is 9.04. The van der Waals surface area contributed by atoms with Crippen molar-refractivity contribution in [3.8, 4) is 0 Å². The van der Waals surface area contributed by atoms with Crippen molar-refractivity contribution in [2.24, 2.45) is 0 Å². The topological polar surface area (TPSA) is 62.2 Å². The number of hydrogen-bond acceptors (Lipinski definition) is 3. The van der Waals surface area contributed by atoms with Crippen molar-refractivity contribution in [3.63, 3.8) is 0 Å². The summed E-state index contributed by atoms with van der Waals surface area (Å²) < 4.78 is 13.1. The number of aromatic carboxylic acids is 1. The molecule has 0 aliphatic rings. The lowest BCUT2D eigenvalue weighted by Gasteiger charge is -2.07. The highest BCUT2D eigenvalue weighted by molar-refractivity contribution is 6.30. The van der Waals surface area contributed by atoms with Gasteiger partial charge < -0.3 is 10.4 Å². The summed E-state index contributed by atoms with van der Waals surface area (Å²) in [5, 5.41) is 12.0. The summed E-state index contributed by atoms with van der Waals surface area (Å²) in [6.07, 6.45) is 1.28. The molecule has 0 radical (unpaired) electrons. The molecule has 19 heavy (non-hydrogen) atoms. The van der Waals surface area contributed by atoms with Crippen molar-refractivity contribution in [3.05, 3.63) is 58.6 Å². The molecule has 0 saturated heterocycles. The van der Waals surface area contributed by atoms with Crippen molar-refractivity contribution >= 4 is 23.3 Å². The van der Waals surface area contributed by atoms with Crippen LogP contribution in [0, 0.1) is 5.82 Å². The van der Waals surface area contributed by atoms with Gasteiger partial charge in [-0.15, -0.1) is 0 Å². The van der Waals surface area contributed by atoms with Crippen LogP contribution in [-0.2, 0) is 6.54 Å². The molecule has 0 bridgehead atoms. The minimum absolute atomic E-state index is 0.123. The molecule has 0 atom stereocenters. The van der Waals surface area contributed by atoms with Crippen molar-refractivity contribution in [2.45, 2.75) is 6.54 Å². The van der Waals surface area contributed by atoms with E-state index < -0.39 is 11.8 Å². The second-order valence-electron chi connectivity index (χ2n) is 3.86. The van der Waals surface area contributed by atoms with Gasteiger partial charge in [0.2, 0.25) is 0 Å². The van der Waals surface area contributed by atoms with E-state index in [-0.39, 0.29) is 5.56 Å². The van der Waals surface area contributed by atoms with Gasteiger partial charge in [-0.1, -0.05) is 11.6 Å². The van der Waals surface area contributed by atoms with Crippen molar-refractivity contribution in [2.75, 3.05) is 5.32 Å². The fraction of sp³-hybridized carbons (Fsp3) is 0.0769. The second-order valence-corrected chi connectivity index (χ2v) is 4.29. The summed E-state index contributed by atoms with van der Waals surface area (Å²) in [4.78, 5) is 14.6. The fourth-order valence-corrected chi connectivity index (χ4v) is 1.73. The van der Waals surface area contributed by atoms with Gasteiger partial charge in [0.05, 0.1) is 17.8 Å². The lowest BCUT2D eigenvalue weighted by molar-refractivity contribution is 0.0696. The van der Waals surface area contributed by atoms with Crippen LogP contribution in [0.15, 0.2) is 36.5 Å². The smallest absolute Gasteiger partial charge is 0.337 e. The van der Waals surface area contributed by atoms with Crippen molar-refractivity contribution in [1.82, 2.24) is 4.98 Å². The predicted octanol–water partition coefficient (Wildman–Crippen LogP) is 3.18. The largest absolute Gasteiger partial charge is 0.478 e. The number of halogens is 2. The molecule has 0 spiro atoms. The Balaban J connectivity index is 2.03. The Hall–Kier alpha value is -2.14. The highest BCUT2D eigenvalue weighted by atomic mass is 35.5. The Kier molecular flexibility index (Phi) is 3.97. The third-order valence-corrected chi connectivity index (χ3v) is 2.63. The average molecular weight is 281 g/mol. The first-order valence-corrected chi connectivity index (χ1v) is 5.80. The molecule has 1 aromatic heterocycles. The normalized spacial score (nSPS) is 10.2. The number of nitrogens with zero attached hydrogens (tertiary/aromatic N) is 1. The van der Waals surface area contributed by atoms with Crippen molar-refractivity contribution in [1.29, 1.82) is 0 Å². The summed E-state index contributed by atoms with van der Waals surface area (Å²) >= 11 is 5.73. The van der Waals surface area contributed by atoms with E-state index >= 15 is 0 Å². The highest BCUT2D eigenvalue weighted by Crippen LogP contribution is 2.18. The van der Waals surface area contributed by atoms with Gasteiger partial charge in [-0.25, -0.2) is 9.18 Å². The number of hydrogen-bond donors (Lipinski definition) is 2. The van der Waals surface area contributed by atoms with Gasteiger partial charge in [0.25, 0.3) is 0 Å². The quantitative estimate of drug-likeness (QED) is 0.903. The molecule has 0 amide bonds. The van der Waals surface area contributed by atoms with Crippen LogP contribution in [0.3, 0.4) is 0 Å². The Morgan fingerprint density at radius 3 is 2.74 bits per heavy atom. The van der Waals surface area contributed by atoms with Crippen molar-refractivity contribution < 1.29 is 14.3 Å². The molecule has 6 heteroatoms. The van der Waals surface area contributed by atoms with E-state index in [1.807, 2.05) is 0 Å². The third-order valence-electron chi connectivity index (χ3n) is 2.41. The molecule has 1 heterocycles. The van der Waals surface area contributed by atoms with Gasteiger partial charge in [-0.2, -0.15) is 0 Å². The molecule has 4 nitrogen and oxygen atoms in total. The van der Waals surface area contributed by atoms with Crippen LogP contribution in [-0.4, -0.2) is 16.1 Å². The number of aromatic nitrogens is 1. The Labute approximate surface area is 113 Å². The number of carboxylic acids is 1. The van der Waals surface area contributed by atoms with Crippen LogP contribution in [0.4, 0.5) is 10.1 Å². The number of carbonyl (C=O) groups is 1. The molecular weight excluding hydrogens is 271 g/mol. The predicted molar refractivity (Wildman–Crippen MR) is 69.9 cm³/mol. The standard InChI is InChI=1S/C13H10ClFN2O2/c14-9-3-10(15)5-12(4-9)17-7-11-2-1-8(6-16-11)13(18)19/h1-6,17H,7H2,(H,18,19). The maximum atomic E-state index is 13.1. The average Bonchev–Trinajstić information content (AvgIpc) is 2.36. The molecule has 0 unspecified atom stereocenters. The molecule has 0 aliphatic carbocycles. The zero-order valence-corrected chi connectivity index (χ0v) is 10.5. The number of rotatable bonds is 4. The number of benzene rings is 1. The maximum absolute atomic E-state index is 13.1. The molecule has 2 rings (SSSR count). The van der Waals surface area contributed by atoms with Gasteiger partial charge in [-0.3, -0.25) is 4.98 Å². The van der Waals surface area contributed by atoms with Gasteiger partial charge in [0.1, 0.15) is 5.82 Å². The summed E-state index contributed by atoms with van der Waals surface area (Å²) in [5.74, 6) is -1.45. The van der Waals surface area contributed by atoms with Crippen LogP contribution >= 0.6 is 11.6 Å². The molecule has 0 fully saturated rings. The van der Waals surface area contributed by atoms with Gasteiger partial charge in [0, 0.05) is 16.9 Å². The lowest BCUT2D eigenvalue weighted by atomic mass is 10.2. The van der Waals surface area contributed by atoms with Crippen LogP contribution in [0.25, 0.3) is 0 Å². The maximum Gasteiger partial charge on any atom is 0.337 e. The van der Waals surface area contributed by atoms with Crippen LogP contribution in [0.5, 0.6) is 0 Å². The zero-order valence-electron chi connectivity index (χ0n) is 9.73.